The highest BCUT2D eigenvalue weighted by molar-refractivity contribution is 6.01. The quantitative estimate of drug-likeness (QED) is 0.266. The molecule has 6 rings (SSSR count). The number of para-hydroxylation sites is 1. The number of benzene rings is 2. The van der Waals surface area contributed by atoms with Gasteiger partial charge in [-0.05, 0) is 59.7 Å². The van der Waals surface area contributed by atoms with E-state index in [1.807, 2.05) is 54.2 Å². The van der Waals surface area contributed by atoms with Gasteiger partial charge in [-0.1, -0.05) is 17.3 Å². The number of amides is 2. The Balaban J connectivity index is 1.43. The number of aryl methyl sites for hydroxylation is 1. The van der Waals surface area contributed by atoms with E-state index in [0.717, 1.165) is 12.8 Å². The maximum atomic E-state index is 14.3. The summed E-state index contributed by atoms with van der Waals surface area (Å²) < 4.78 is 16.2. The molecule has 1 saturated heterocycles. The van der Waals surface area contributed by atoms with E-state index in [4.69, 9.17) is 9.47 Å². The molecule has 42 heavy (non-hydrogen) atoms. The van der Waals surface area contributed by atoms with Gasteiger partial charge < -0.3 is 19.4 Å². The highest BCUT2D eigenvalue weighted by atomic mass is 16.5. The van der Waals surface area contributed by atoms with E-state index < -0.39 is 6.04 Å². The van der Waals surface area contributed by atoms with Gasteiger partial charge in [0.05, 0.1) is 24.4 Å². The zero-order valence-electron chi connectivity index (χ0n) is 23.2. The first-order valence-electron chi connectivity index (χ1n) is 13.6. The van der Waals surface area contributed by atoms with E-state index >= 15 is 0 Å². The molecule has 1 aliphatic rings. The van der Waals surface area contributed by atoms with Crippen LogP contribution in [0.3, 0.4) is 0 Å². The average molecular weight is 571 g/mol. The van der Waals surface area contributed by atoms with Crippen LogP contribution in [0.1, 0.15) is 24.6 Å². The summed E-state index contributed by atoms with van der Waals surface area (Å²) >= 11 is 0. The molecule has 2 atom stereocenters. The lowest BCUT2D eigenvalue weighted by molar-refractivity contribution is -0.127. The molecule has 2 aromatic carbocycles. The minimum atomic E-state index is -1.02. The zero-order valence-corrected chi connectivity index (χ0v) is 23.2. The fraction of sp³-hybridized carbons (Fsp3) is 0.321. The van der Waals surface area contributed by atoms with Crippen LogP contribution in [-0.2, 0) is 27.9 Å². The average Bonchev–Trinajstić information content (AvgIpc) is 3.83. The maximum Gasteiger partial charge on any atom is 0.249 e. The molecule has 0 radical (unpaired) electrons. The number of fused-ring (bicyclic) bond motifs is 1. The second-order valence-electron chi connectivity index (χ2n) is 9.94. The number of carbonyl (C=O) groups is 2. The summed E-state index contributed by atoms with van der Waals surface area (Å²) in [6.07, 6.45) is 5.04. The van der Waals surface area contributed by atoms with Gasteiger partial charge in [-0.25, -0.2) is 4.68 Å². The third-order valence-corrected chi connectivity index (χ3v) is 7.31. The summed E-state index contributed by atoms with van der Waals surface area (Å²) in [5.74, 6) is -0.303. The number of rotatable bonds is 10. The Morgan fingerprint density at radius 1 is 1.17 bits per heavy atom. The number of carbonyl (C=O) groups excluding carboxylic acids is 2. The first-order chi connectivity index (χ1) is 20.5. The van der Waals surface area contributed by atoms with Crippen molar-refractivity contribution >= 4 is 28.5 Å². The zero-order chi connectivity index (χ0) is 29.1. The van der Waals surface area contributed by atoms with Crippen LogP contribution in [0.5, 0.6) is 5.75 Å². The van der Waals surface area contributed by atoms with Crippen molar-refractivity contribution in [3.05, 3.63) is 72.8 Å². The monoisotopic (exact) mass is 570 g/mol. The van der Waals surface area contributed by atoms with Crippen LogP contribution >= 0.6 is 0 Å². The van der Waals surface area contributed by atoms with E-state index in [9.17, 15) is 9.59 Å². The molecule has 14 heteroatoms. The predicted octanol–water partition coefficient (Wildman–Crippen LogP) is 1.82. The van der Waals surface area contributed by atoms with E-state index in [0.29, 0.717) is 47.0 Å². The molecule has 0 aliphatic carbocycles. The standard InChI is InChI=1S/C28H30N10O4/c1-35-13-5-10-24(35)27(28(40)29-16-20-7-6-14-42-20)38(26(39)17-36-22-9-4-3-8-21(22)31-33-36)19-11-12-23(25(15-19)41-2)37-18-30-32-34-37/h3-5,8-13,15,18,20,27H,6-7,14,16-17H2,1-2H3,(H,29,40). The van der Waals surface area contributed by atoms with Gasteiger partial charge in [0.2, 0.25) is 11.8 Å². The van der Waals surface area contributed by atoms with E-state index in [1.54, 1.807) is 18.2 Å². The van der Waals surface area contributed by atoms with Crippen molar-refractivity contribution in [3.63, 3.8) is 0 Å². The molecule has 4 heterocycles. The lowest BCUT2D eigenvalue weighted by Gasteiger charge is -2.32. The van der Waals surface area contributed by atoms with Crippen LogP contribution in [0.15, 0.2) is 67.1 Å². The molecule has 14 nitrogen and oxygen atoms in total. The number of ether oxygens (including phenoxy) is 2. The summed E-state index contributed by atoms with van der Waals surface area (Å²) in [5, 5.41) is 22.8. The van der Waals surface area contributed by atoms with Crippen molar-refractivity contribution in [1.82, 2.24) is 45.1 Å². The highest BCUT2D eigenvalue weighted by Crippen LogP contribution is 2.34. The molecule has 1 fully saturated rings. The SMILES string of the molecule is COc1cc(N(C(=O)Cn2nnc3ccccc32)C(C(=O)NCC2CCCO2)c2cccn2C)ccc1-n1cnnn1. The molecule has 2 amide bonds. The Morgan fingerprint density at radius 2 is 2.05 bits per heavy atom. The summed E-state index contributed by atoms with van der Waals surface area (Å²) in [6, 6.07) is 15.2. The van der Waals surface area contributed by atoms with Gasteiger partial charge in [0.15, 0.2) is 6.04 Å². The van der Waals surface area contributed by atoms with E-state index in [2.05, 4.69) is 31.2 Å². The third kappa shape index (κ3) is 5.31. The fourth-order valence-corrected chi connectivity index (χ4v) is 5.21. The van der Waals surface area contributed by atoms with Crippen molar-refractivity contribution in [1.29, 1.82) is 0 Å². The smallest absolute Gasteiger partial charge is 0.249 e. The number of hydrogen-bond acceptors (Lipinski definition) is 9. The Hall–Kier alpha value is -5.11. The minimum absolute atomic E-state index is 0.0654. The van der Waals surface area contributed by atoms with Crippen LogP contribution in [-0.4, -0.2) is 77.9 Å². The predicted molar refractivity (Wildman–Crippen MR) is 151 cm³/mol. The lowest BCUT2D eigenvalue weighted by atomic mass is 10.1. The van der Waals surface area contributed by atoms with Crippen LogP contribution in [0.25, 0.3) is 16.7 Å². The largest absolute Gasteiger partial charge is 0.494 e. The number of tetrazole rings is 1. The molecule has 216 valence electrons. The molecule has 0 bridgehead atoms. The van der Waals surface area contributed by atoms with Crippen LogP contribution in [0.4, 0.5) is 5.69 Å². The molecule has 1 N–H and O–H groups in total. The Labute approximate surface area is 240 Å². The second kappa shape index (κ2) is 11.8. The maximum absolute atomic E-state index is 14.3. The number of nitrogens with zero attached hydrogens (tertiary/aromatic N) is 9. The number of methoxy groups -OCH3 is 1. The van der Waals surface area contributed by atoms with Gasteiger partial charge in [-0.15, -0.1) is 10.2 Å². The van der Waals surface area contributed by atoms with E-state index in [1.165, 1.54) is 27.7 Å². The number of aromatic nitrogens is 8. The summed E-state index contributed by atoms with van der Waals surface area (Å²) in [5.41, 5.74) is 3.00. The molecule has 3 aromatic heterocycles. The van der Waals surface area contributed by atoms with Gasteiger partial charge in [-0.3, -0.25) is 14.5 Å². The van der Waals surface area contributed by atoms with Crippen LogP contribution in [0.2, 0.25) is 0 Å². The van der Waals surface area contributed by atoms with Gasteiger partial charge in [0.25, 0.3) is 0 Å². The molecule has 2 unspecified atom stereocenters. The Kier molecular flexibility index (Phi) is 7.60. The first-order valence-corrected chi connectivity index (χ1v) is 13.6. The number of anilines is 1. The summed E-state index contributed by atoms with van der Waals surface area (Å²) in [6.45, 7) is 0.861. The fourth-order valence-electron chi connectivity index (χ4n) is 5.21. The normalized spacial score (nSPS) is 15.5. The van der Waals surface area contributed by atoms with Crippen molar-refractivity contribution in [3.8, 4) is 11.4 Å². The van der Waals surface area contributed by atoms with Gasteiger partial charge in [0.1, 0.15) is 29.8 Å². The van der Waals surface area contributed by atoms with E-state index in [-0.39, 0.29) is 24.5 Å². The number of hydrogen-bond donors (Lipinski definition) is 1. The second-order valence-corrected chi connectivity index (χ2v) is 9.94. The van der Waals surface area contributed by atoms with Gasteiger partial charge >= 0.3 is 0 Å². The Morgan fingerprint density at radius 3 is 2.79 bits per heavy atom. The summed E-state index contributed by atoms with van der Waals surface area (Å²) in [4.78, 5) is 29.8. The molecule has 5 aromatic rings. The molecular formula is C28H30N10O4. The molecule has 1 aliphatic heterocycles. The molecule has 0 spiro atoms. The third-order valence-electron chi connectivity index (χ3n) is 7.31. The van der Waals surface area contributed by atoms with Crippen LogP contribution in [0, 0.1) is 0 Å². The van der Waals surface area contributed by atoms with Crippen molar-refractivity contribution in [2.24, 2.45) is 7.05 Å². The van der Waals surface area contributed by atoms with Crippen molar-refractivity contribution in [2.75, 3.05) is 25.2 Å². The summed E-state index contributed by atoms with van der Waals surface area (Å²) in [7, 11) is 3.36. The molecule has 0 saturated carbocycles. The lowest BCUT2D eigenvalue weighted by Crippen LogP contribution is -2.47. The minimum Gasteiger partial charge on any atom is -0.494 e. The van der Waals surface area contributed by atoms with Crippen molar-refractivity contribution in [2.45, 2.75) is 31.5 Å². The number of nitrogens with one attached hydrogen (secondary N) is 1. The van der Waals surface area contributed by atoms with Crippen molar-refractivity contribution < 1.29 is 19.1 Å². The molecular weight excluding hydrogens is 540 g/mol. The Bertz CT molecular complexity index is 1690. The van der Waals surface area contributed by atoms with Gasteiger partial charge in [-0.2, -0.15) is 4.68 Å². The van der Waals surface area contributed by atoms with Crippen LogP contribution < -0.4 is 15.0 Å². The van der Waals surface area contributed by atoms with Gasteiger partial charge in [0, 0.05) is 38.1 Å². The first kappa shape index (κ1) is 27.1. The highest BCUT2D eigenvalue weighted by Gasteiger charge is 2.35. The topological polar surface area (TPSA) is 147 Å².